The molecule has 0 spiro atoms. The minimum absolute atomic E-state index is 0.0674. The highest BCUT2D eigenvalue weighted by molar-refractivity contribution is 6.30. The molecule has 152 valence electrons. The number of imidazole rings is 1. The van der Waals surface area contributed by atoms with Crippen LogP contribution in [-0.4, -0.2) is 29.2 Å². The summed E-state index contributed by atoms with van der Waals surface area (Å²) in [6.07, 6.45) is 5.32. The standard InChI is InChI=1S/C20H20ClF2N5O/c1-24-20(27-12-15-10-16(21)6-7-18(15)29-19(22)23)26-11-14-4-2-3-5-17(14)28-9-8-25-13-28/h2-10,13,19H,11-12H2,1H3,(H2,24,26,27). The van der Waals surface area contributed by atoms with Crippen molar-refractivity contribution in [2.45, 2.75) is 19.7 Å². The molecule has 0 radical (unpaired) electrons. The van der Waals surface area contributed by atoms with Crippen LogP contribution >= 0.6 is 11.6 Å². The largest absolute Gasteiger partial charge is 0.434 e. The number of benzene rings is 2. The lowest BCUT2D eigenvalue weighted by molar-refractivity contribution is -0.0504. The number of alkyl halides is 2. The van der Waals surface area contributed by atoms with Gasteiger partial charge in [-0.2, -0.15) is 8.78 Å². The molecule has 0 amide bonds. The van der Waals surface area contributed by atoms with Gasteiger partial charge < -0.3 is 19.9 Å². The van der Waals surface area contributed by atoms with Gasteiger partial charge in [0, 0.05) is 43.1 Å². The molecular formula is C20H20ClF2N5O. The Morgan fingerprint density at radius 3 is 2.62 bits per heavy atom. The van der Waals surface area contributed by atoms with Gasteiger partial charge in [-0.1, -0.05) is 29.8 Å². The summed E-state index contributed by atoms with van der Waals surface area (Å²) >= 11 is 5.99. The maximum Gasteiger partial charge on any atom is 0.387 e. The Balaban J connectivity index is 1.65. The van der Waals surface area contributed by atoms with Gasteiger partial charge in [-0.05, 0) is 29.8 Å². The molecule has 0 saturated heterocycles. The Morgan fingerprint density at radius 2 is 1.93 bits per heavy atom. The van der Waals surface area contributed by atoms with Crippen LogP contribution in [0, 0.1) is 0 Å². The number of halogens is 3. The number of para-hydroxylation sites is 1. The Bertz CT molecular complexity index is 963. The molecule has 0 unspecified atom stereocenters. The summed E-state index contributed by atoms with van der Waals surface area (Å²) in [6.45, 7) is -2.19. The third-order valence-electron chi connectivity index (χ3n) is 4.13. The summed E-state index contributed by atoms with van der Waals surface area (Å²) in [4.78, 5) is 8.26. The molecule has 1 aromatic heterocycles. The highest BCUT2D eigenvalue weighted by atomic mass is 35.5. The van der Waals surface area contributed by atoms with Gasteiger partial charge in [0.05, 0.1) is 12.0 Å². The number of aliphatic imine (C=N–C) groups is 1. The van der Waals surface area contributed by atoms with Gasteiger partial charge in [-0.15, -0.1) is 0 Å². The van der Waals surface area contributed by atoms with Crippen LogP contribution in [0.5, 0.6) is 5.75 Å². The van der Waals surface area contributed by atoms with Gasteiger partial charge in [0.2, 0.25) is 0 Å². The van der Waals surface area contributed by atoms with E-state index in [-0.39, 0.29) is 12.3 Å². The molecule has 0 aliphatic rings. The Morgan fingerprint density at radius 1 is 1.17 bits per heavy atom. The maximum absolute atomic E-state index is 12.6. The number of ether oxygens (including phenoxy) is 1. The van der Waals surface area contributed by atoms with Crippen molar-refractivity contribution in [2.75, 3.05) is 7.05 Å². The highest BCUT2D eigenvalue weighted by Gasteiger charge is 2.11. The van der Waals surface area contributed by atoms with Crippen molar-refractivity contribution in [2.24, 2.45) is 4.99 Å². The minimum Gasteiger partial charge on any atom is -0.434 e. The Kier molecular flexibility index (Phi) is 7.02. The highest BCUT2D eigenvalue weighted by Crippen LogP contribution is 2.24. The summed E-state index contributed by atoms with van der Waals surface area (Å²) in [6, 6.07) is 12.4. The third-order valence-corrected chi connectivity index (χ3v) is 4.36. The fourth-order valence-electron chi connectivity index (χ4n) is 2.79. The Labute approximate surface area is 172 Å². The third kappa shape index (κ3) is 5.68. The first-order chi connectivity index (χ1) is 14.1. The molecule has 0 atom stereocenters. The predicted molar refractivity (Wildman–Crippen MR) is 109 cm³/mol. The molecule has 2 aromatic carbocycles. The zero-order chi connectivity index (χ0) is 20.6. The summed E-state index contributed by atoms with van der Waals surface area (Å²) in [5.41, 5.74) is 2.54. The molecule has 0 bridgehead atoms. The SMILES string of the molecule is CN=C(NCc1cc(Cl)ccc1OC(F)F)NCc1ccccc1-n1ccnc1. The van der Waals surface area contributed by atoms with Crippen LogP contribution in [0.3, 0.4) is 0 Å². The number of nitrogens with zero attached hydrogens (tertiary/aromatic N) is 3. The summed E-state index contributed by atoms with van der Waals surface area (Å²) in [5, 5.41) is 6.73. The fraction of sp³-hybridized carbons (Fsp3) is 0.200. The van der Waals surface area contributed by atoms with Crippen molar-refractivity contribution in [3.8, 4) is 11.4 Å². The van der Waals surface area contributed by atoms with Crippen molar-refractivity contribution >= 4 is 17.6 Å². The average Bonchev–Trinajstić information content (AvgIpc) is 3.24. The summed E-state index contributed by atoms with van der Waals surface area (Å²) < 4.78 is 31.7. The van der Waals surface area contributed by atoms with Crippen LogP contribution < -0.4 is 15.4 Å². The topological polar surface area (TPSA) is 63.5 Å². The smallest absolute Gasteiger partial charge is 0.387 e. The lowest BCUT2D eigenvalue weighted by Gasteiger charge is -2.16. The quantitative estimate of drug-likeness (QED) is 0.449. The number of hydrogen-bond acceptors (Lipinski definition) is 3. The first kappa shape index (κ1) is 20.6. The van der Waals surface area contributed by atoms with Crippen molar-refractivity contribution in [1.29, 1.82) is 0 Å². The lowest BCUT2D eigenvalue weighted by Crippen LogP contribution is -2.36. The molecule has 6 nitrogen and oxygen atoms in total. The zero-order valence-electron chi connectivity index (χ0n) is 15.6. The molecule has 1 heterocycles. The summed E-state index contributed by atoms with van der Waals surface area (Å²) in [5.74, 6) is 0.575. The van der Waals surface area contributed by atoms with Gasteiger partial charge in [0.25, 0.3) is 0 Å². The molecular weight excluding hydrogens is 400 g/mol. The van der Waals surface area contributed by atoms with Crippen LogP contribution in [0.2, 0.25) is 5.02 Å². The van der Waals surface area contributed by atoms with Gasteiger partial charge in [0.15, 0.2) is 5.96 Å². The number of rotatable bonds is 7. The van der Waals surface area contributed by atoms with E-state index >= 15 is 0 Å². The monoisotopic (exact) mass is 419 g/mol. The summed E-state index contributed by atoms with van der Waals surface area (Å²) in [7, 11) is 1.63. The second kappa shape index (κ2) is 9.88. The molecule has 9 heteroatoms. The number of guanidine groups is 1. The molecule has 3 aromatic rings. The van der Waals surface area contributed by atoms with E-state index in [9.17, 15) is 8.78 Å². The van der Waals surface area contributed by atoms with Gasteiger partial charge in [0.1, 0.15) is 5.75 Å². The van der Waals surface area contributed by atoms with Gasteiger partial charge in [-0.3, -0.25) is 4.99 Å². The minimum atomic E-state index is -2.91. The normalized spacial score (nSPS) is 11.6. The molecule has 2 N–H and O–H groups in total. The fourth-order valence-corrected chi connectivity index (χ4v) is 2.98. The van der Waals surface area contributed by atoms with Crippen molar-refractivity contribution in [3.63, 3.8) is 0 Å². The van der Waals surface area contributed by atoms with Gasteiger partial charge >= 0.3 is 6.61 Å². The molecule has 0 fully saturated rings. The van der Waals surface area contributed by atoms with E-state index in [0.29, 0.717) is 23.1 Å². The molecule has 0 saturated carbocycles. The zero-order valence-corrected chi connectivity index (χ0v) is 16.4. The maximum atomic E-state index is 12.6. The Hall–Kier alpha value is -3.13. The van der Waals surface area contributed by atoms with Crippen molar-refractivity contribution in [3.05, 3.63) is 77.3 Å². The van der Waals surface area contributed by atoms with E-state index < -0.39 is 6.61 Å². The van der Waals surface area contributed by atoms with Crippen molar-refractivity contribution in [1.82, 2.24) is 20.2 Å². The first-order valence-corrected chi connectivity index (χ1v) is 9.18. The van der Waals surface area contributed by atoms with Crippen LogP contribution in [0.4, 0.5) is 8.78 Å². The van der Waals surface area contributed by atoms with E-state index in [1.165, 1.54) is 12.1 Å². The number of hydrogen-bond donors (Lipinski definition) is 2. The molecule has 0 aliphatic heterocycles. The van der Waals surface area contributed by atoms with E-state index in [0.717, 1.165) is 11.3 Å². The lowest BCUT2D eigenvalue weighted by atomic mass is 10.1. The predicted octanol–water partition coefficient (Wildman–Crippen LogP) is 3.99. The number of aromatic nitrogens is 2. The van der Waals surface area contributed by atoms with Crippen LogP contribution in [-0.2, 0) is 13.1 Å². The van der Waals surface area contributed by atoms with Crippen LogP contribution in [0.25, 0.3) is 5.69 Å². The van der Waals surface area contributed by atoms with Crippen LogP contribution in [0.15, 0.2) is 66.2 Å². The second-order valence-corrected chi connectivity index (χ2v) is 6.44. The van der Waals surface area contributed by atoms with Gasteiger partial charge in [-0.25, -0.2) is 4.98 Å². The van der Waals surface area contributed by atoms with E-state index in [2.05, 4.69) is 25.3 Å². The van der Waals surface area contributed by atoms with Crippen molar-refractivity contribution < 1.29 is 13.5 Å². The first-order valence-electron chi connectivity index (χ1n) is 8.81. The molecule has 29 heavy (non-hydrogen) atoms. The molecule has 3 rings (SSSR count). The van der Waals surface area contributed by atoms with E-state index in [4.69, 9.17) is 11.6 Å². The van der Waals surface area contributed by atoms with Crippen LogP contribution in [0.1, 0.15) is 11.1 Å². The molecule has 0 aliphatic carbocycles. The average molecular weight is 420 g/mol. The second-order valence-electron chi connectivity index (χ2n) is 6.01. The van der Waals surface area contributed by atoms with E-state index in [1.807, 2.05) is 35.0 Å². The number of nitrogens with one attached hydrogen (secondary N) is 2. The van der Waals surface area contributed by atoms with E-state index in [1.54, 1.807) is 25.6 Å².